The van der Waals surface area contributed by atoms with Crippen LogP contribution < -0.4 is 10.5 Å². The van der Waals surface area contributed by atoms with Crippen molar-refractivity contribution >= 4 is 15.7 Å². The smallest absolute Gasteiger partial charge is 0.240 e. The molecule has 0 unspecified atom stereocenters. The van der Waals surface area contributed by atoms with Crippen molar-refractivity contribution < 1.29 is 8.42 Å². The second kappa shape index (κ2) is 4.90. The molecule has 1 aromatic carbocycles. The Hall–Kier alpha value is -1.07. The molecule has 2 rings (SSSR count). The van der Waals surface area contributed by atoms with Gasteiger partial charge in [-0.15, -0.1) is 0 Å². The summed E-state index contributed by atoms with van der Waals surface area (Å²) in [5, 5.41) is 8.45. The number of rotatable bonds is 4. The van der Waals surface area contributed by atoms with E-state index in [4.69, 9.17) is 5.14 Å². The minimum Gasteiger partial charge on any atom is -0.383 e. The third-order valence-corrected chi connectivity index (χ3v) is 4.68. The summed E-state index contributed by atoms with van der Waals surface area (Å²) < 4.78 is 22.9. The number of hydrogen-bond donors (Lipinski definition) is 2. The van der Waals surface area contributed by atoms with Crippen molar-refractivity contribution in [3.63, 3.8) is 0 Å². The Morgan fingerprint density at radius 3 is 2.50 bits per heavy atom. The molecule has 0 heterocycles. The number of primary sulfonamides is 1. The third-order valence-electron chi connectivity index (χ3n) is 3.71. The van der Waals surface area contributed by atoms with Gasteiger partial charge in [0.05, 0.1) is 5.69 Å². The molecule has 0 amide bonds. The first-order chi connectivity index (χ1) is 8.41. The molecule has 0 bridgehead atoms. The first kappa shape index (κ1) is 13.4. The normalized spacial score (nSPS) is 18.8. The van der Waals surface area contributed by atoms with Crippen LogP contribution in [0, 0.1) is 5.41 Å². The number of benzene rings is 1. The maximum atomic E-state index is 11.5. The van der Waals surface area contributed by atoms with Crippen LogP contribution in [0.15, 0.2) is 29.2 Å². The number of para-hydroxylation sites is 1. The molecule has 3 N–H and O–H groups in total. The van der Waals surface area contributed by atoms with Gasteiger partial charge in [-0.3, -0.25) is 0 Å². The molecular weight excluding hydrogens is 248 g/mol. The van der Waals surface area contributed by atoms with E-state index >= 15 is 0 Å². The van der Waals surface area contributed by atoms with Gasteiger partial charge in [0, 0.05) is 6.54 Å². The highest BCUT2D eigenvalue weighted by Crippen LogP contribution is 2.37. The van der Waals surface area contributed by atoms with Gasteiger partial charge in [0.1, 0.15) is 4.90 Å². The lowest BCUT2D eigenvalue weighted by molar-refractivity contribution is 0.362. The molecule has 0 aromatic heterocycles. The fraction of sp³-hybridized carbons (Fsp3) is 0.538. The van der Waals surface area contributed by atoms with Crippen LogP contribution in [0.5, 0.6) is 0 Å². The van der Waals surface area contributed by atoms with E-state index in [9.17, 15) is 8.42 Å². The molecule has 0 spiro atoms. The quantitative estimate of drug-likeness (QED) is 0.880. The molecule has 1 aromatic rings. The first-order valence-corrected chi connectivity index (χ1v) is 7.81. The van der Waals surface area contributed by atoms with Crippen molar-refractivity contribution in [2.24, 2.45) is 10.6 Å². The molecular formula is C13H20N2O2S. The van der Waals surface area contributed by atoms with Crippen LogP contribution in [0.1, 0.15) is 32.6 Å². The Labute approximate surface area is 109 Å². The molecule has 18 heavy (non-hydrogen) atoms. The number of nitrogens with one attached hydrogen (secondary N) is 1. The summed E-state index contributed by atoms with van der Waals surface area (Å²) in [4.78, 5) is 0.173. The summed E-state index contributed by atoms with van der Waals surface area (Å²) in [6.07, 6.45) is 4.90. The van der Waals surface area contributed by atoms with Crippen molar-refractivity contribution in [2.75, 3.05) is 11.9 Å². The summed E-state index contributed by atoms with van der Waals surface area (Å²) in [5.41, 5.74) is 0.874. The largest absolute Gasteiger partial charge is 0.383 e. The molecule has 0 atom stereocenters. The number of anilines is 1. The summed E-state index contributed by atoms with van der Waals surface area (Å²) in [6.45, 7) is 3.03. The SMILES string of the molecule is CC1(CNc2ccccc2S(N)(=O)=O)CCCC1. The highest BCUT2D eigenvalue weighted by atomic mass is 32.2. The molecule has 1 aliphatic carbocycles. The summed E-state index contributed by atoms with van der Waals surface area (Å²) in [5.74, 6) is 0. The lowest BCUT2D eigenvalue weighted by atomic mass is 9.89. The predicted molar refractivity (Wildman–Crippen MR) is 72.9 cm³/mol. The molecule has 0 radical (unpaired) electrons. The monoisotopic (exact) mass is 268 g/mol. The Morgan fingerprint density at radius 2 is 1.89 bits per heavy atom. The zero-order valence-corrected chi connectivity index (χ0v) is 11.5. The predicted octanol–water partition coefficient (Wildman–Crippen LogP) is 2.33. The van der Waals surface area contributed by atoms with Crippen LogP contribution in [0.4, 0.5) is 5.69 Å². The van der Waals surface area contributed by atoms with Gasteiger partial charge in [0.25, 0.3) is 0 Å². The lowest BCUT2D eigenvalue weighted by Gasteiger charge is -2.25. The number of hydrogen-bond acceptors (Lipinski definition) is 3. The van der Waals surface area contributed by atoms with Crippen LogP contribution >= 0.6 is 0 Å². The van der Waals surface area contributed by atoms with Crippen molar-refractivity contribution in [3.05, 3.63) is 24.3 Å². The average molecular weight is 268 g/mol. The van der Waals surface area contributed by atoms with Crippen LogP contribution in [0.25, 0.3) is 0 Å². The molecule has 1 fully saturated rings. The third kappa shape index (κ3) is 3.03. The summed E-state index contributed by atoms with van der Waals surface area (Å²) in [6, 6.07) is 6.79. The van der Waals surface area contributed by atoms with Crippen LogP contribution in [0.2, 0.25) is 0 Å². The molecule has 4 nitrogen and oxygen atoms in total. The van der Waals surface area contributed by atoms with E-state index in [0.717, 1.165) is 6.54 Å². The Kier molecular flexibility index (Phi) is 3.64. The topological polar surface area (TPSA) is 72.2 Å². The number of sulfonamides is 1. The van der Waals surface area contributed by atoms with Gasteiger partial charge < -0.3 is 5.32 Å². The van der Waals surface area contributed by atoms with Crippen molar-refractivity contribution in [2.45, 2.75) is 37.5 Å². The van der Waals surface area contributed by atoms with Gasteiger partial charge in [0.15, 0.2) is 0 Å². The second-order valence-corrected chi connectivity index (χ2v) is 6.94. The Balaban J connectivity index is 2.15. The second-order valence-electron chi connectivity index (χ2n) is 5.41. The first-order valence-electron chi connectivity index (χ1n) is 6.26. The minimum absolute atomic E-state index is 0.173. The Morgan fingerprint density at radius 1 is 1.28 bits per heavy atom. The van der Waals surface area contributed by atoms with E-state index in [0.29, 0.717) is 5.69 Å². The molecule has 5 heteroatoms. The maximum Gasteiger partial charge on any atom is 0.240 e. The van der Waals surface area contributed by atoms with E-state index in [1.54, 1.807) is 12.1 Å². The van der Waals surface area contributed by atoms with E-state index in [1.807, 2.05) is 6.07 Å². The van der Waals surface area contributed by atoms with Crippen LogP contribution in [0.3, 0.4) is 0 Å². The molecule has 1 aliphatic rings. The lowest BCUT2D eigenvalue weighted by Crippen LogP contribution is -2.24. The highest BCUT2D eigenvalue weighted by Gasteiger charge is 2.28. The van der Waals surface area contributed by atoms with Gasteiger partial charge in [-0.1, -0.05) is 31.9 Å². The summed E-state index contributed by atoms with van der Waals surface area (Å²) >= 11 is 0. The van der Waals surface area contributed by atoms with Crippen LogP contribution in [-0.4, -0.2) is 15.0 Å². The van der Waals surface area contributed by atoms with Crippen molar-refractivity contribution in [3.8, 4) is 0 Å². The molecule has 0 aliphatic heterocycles. The van der Waals surface area contributed by atoms with Crippen LogP contribution in [-0.2, 0) is 10.0 Å². The highest BCUT2D eigenvalue weighted by molar-refractivity contribution is 7.89. The Bertz CT molecular complexity index is 520. The van der Waals surface area contributed by atoms with E-state index < -0.39 is 10.0 Å². The van der Waals surface area contributed by atoms with E-state index in [-0.39, 0.29) is 10.3 Å². The standard InChI is InChI=1S/C13H20N2O2S/c1-13(8-4-5-9-13)10-15-11-6-2-3-7-12(11)18(14,16)17/h2-3,6-7,15H,4-5,8-10H2,1H3,(H2,14,16,17). The van der Waals surface area contributed by atoms with Gasteiger partial charge >= 0.3 is 0 Å². The van der Waals surface area contributed by atoms with Gasteiger partial charge in [-0.05, 0) is 30.4 Å². The van der Waals surface area contributed by atoms with Gasteiger partial charge in [-0.25, -0.2) is 13.6 Å². The van der Waals surface area contributed by atoms with E-state index in [1.165, 1.54) is 31.7 Å². The average Bonchev–Trinajstić information content (AvgIpc) is 2.73. The van der Waals surface area contributed by atoms with Crippen molar-refractivity contribution in [1.82, 2.24) is 0 Å². The molecule has 1 saturated carbocycles. The maximum absolute atomic E-state index is 11.5. The fourth-order valence-electron chi connectivity index (χ4n) is 2.57. The zero-order chi connectivity index (χ0) is 13.2. The number of nitrogens with two attached hydrogens (primary N) is 1. The summed E-state index contributed by atoms with van der Waals surface area (Å²) in [7, 11) is -3.66. The van der Waals surface area contributed by atoms with Crippen molar-refractivity contribution in [1.29, 1.82) is 0 Å². The van der Waals surface area contributed by atoms with Gasteiger partial charge in [0.2, 0.25) is 10.0 Å². The van der Waals surface area contributed by atoms with Gasteiger partial charge in [-0.2, -0.15) is 0 Å². The van der Waals surface area contributed by atoms with E-state index in [2.05, 4.69) is 12.2 Å². The minimum atomic E-state index is -3.66. The molecule has 0 saturated heterocycles. The molecule has 100 valence electrons. The zero-order valence-electron chi connectivity index (χ0n) is 10.6. The fourth-order valence-corrected chi connectivity index (χ4v) is 3.29.